The van der Waals surface area contributed by atoms with Gasteiger partial charge in [-0.3, -0.25) is 9.59 Å². The second-order valence-corrected chi connectivity index (χ2v) is 6.24. The largest absolute Gasteiger partial charge is 0.497 e. The standard InChI is InChI=1S/C20H24N2O3/c1-14(2)4-13-19(23)21-16-7-5-15(6-8-16)20(24)22-17-9-11-18(25-3)12-10-17/h5-12,14H,4,13H2,1-3H3,(H,21,23)(H,22,24). The first-order valence-corrected chi connectivity index (χ1v) is 8.33. The van der Waals surface area contributed by atoms with E-state index in [0.29, 0.717) is 29.3 Å². The third-order valence-electron chi connectivity index (χ3n) is 3.73. The fourth-order valence-corrected chi connectivity index (χ4v) is 2.23. The third kappa shape index (κ3) is 5.95. The van der Waals surface area contributed by atoms with Gasteiger partial charge in [0.2, 0.25) is 5.91 Å². The molecule has 0 heterocycles. The first-order valence-electron chi connectivity index (χ1n) is 8.33. The van der Waals surface area contributed by atoms with Crippen LogP contribution in [0.15, 0.2) is 48.5 Å². The fourth-order valence-electron chi connectivity index (χ4n) is 2.23. The molecule has 2 aromatic carbocycles. The zero-order valence-corrected chi connectivity index (χ0v) is 14.8. The van der Waals surface area contributed by atoms with Crippen LogP contribution >= 0.6 is 0 Å². The summed E-state index contributed by atoms with van der Waals surface area (Å²) in [5.74, 6) is 1.01. The molecule has 0 radical (unpaired) electrons. The van der Waals surface area contributed by atoms with Crippen LogP contribution < -0.4 is 15.4 Å². The molecule has 0 aliphatic rings. The van der Waals surface area contributed by atoms with Gasteiger partial charge in [-0.2, -0.15) is 0 Å². The summed E-state index contributed by atoms with van der Waals surface area (Å²) in [5.41, 5.74) is 1.91. The molecule has 0 saturated carbocycles. The maximum atomic E-state index is 12.2. The van der Waals surface area contributed by atoms with Gasteiger partial charge in [-0.15, -0.1) is 0 Å². The molecule has 2 amide bonds. The molecule has 0 aromatic heterocycles. The molecule has 2 aromatic rings. The Hall–Kier alpha value is -2.82. The van der Waals surface area contributed by atoms with Crippen molar-refractivity contribution in [3.63, 3.8) is 0 Å². The molecule has 5 heteroatoms. The summed E-state index contributed by atoms with van der Waals surface area (Å²) in [5, 5.41) is 5.66. The van der Waals surface area contributed by atoms with E-state index in [1.807, 2.05) is 0 Å². The predicted molar refractivity (Wildman–Crippen MR) is 100 cm³/mol. The number of hydrogen-bond donors (Lipinski definition) is 2. The van der Waals surface area contributed by atoms with E-state index in [1.165, 1.54) is 0 Å². The molecule has 0 aliphatic heterocycles. The highest BCUT2D eigenvalue weighted by atomic mass is 16.5. The van der Waals surface area contributed by atoms with Crippen molar-refractivity contribution in [3.05, 3.63) is 54.1 Å². The van der Waals surface area contributed by atoms with Crippen LogP contribution in [0.1, 0.15) is 37.0 Å². The number of amides is 2. The smallest absolute Gasteiger partial charge is 0.255 e. The Labute approximate surface area is 148 Å². The van der Waals surface area contributed by atoms with E-state index in [1.54, 1.807) is 55.6 Å². The Balaban J connectivity index is 1.91. The number of carbonyl (C=O) groups excluding carboxylic acids is 2. The van der Waals surface area contributed by atoms with E-state index in [4.69, 9.17) is 4.74 Å². The van der Waals surface area contributed by atoms with Crippen molar-refractivity contribution in [2.75, 3.05) is 17.7 Å². The summed E-state index contributed by atoms with van der Waals surface area (Å²) in [7, 11) is 1.59. The van der Waals surface area contributed by atoms with Gasteiger partial charge >= 0.3 is 0 Å². The van der Waals surface area contributed by atoms with Crippen molar-refractivity contribution in [2.24, 2.45) is 5.92 Å². The minimum atomic E-state index is -0.206. The Kier molecular flexibility index (Phi) is 6.57. The van der Waals surface area contributed by atoms with Gasteiger partial charge < -0.3 is 15.4 Å². The molecule has 0 atom stereocenters. The van der Waals surface area contributed by atoms with Crippen molar-refractivity contribution in [1.82, 2.24) is 0 Å². The molecule has 0 fully saturated rings. The summed E-state index contributed by atoms with van der Waals surface area (Å²) in [6.07, 6.45) is 1.35. The SMILES string of the molecule is COc1ccc(NC(=O)c2ccc(NC(=O)CCC(C)C)cc2)cc1. The molecule has 2 rings (SSSR count). The van der Waals surface area contributed by atoms with Crippen molar-refractivity contribution in [1.29, 1.82) is 0 Å². The van der Waals surface area contributed by atoms with Crippen LogP contribution in [0.4, 0.5) is 11.4 Å². The number of carbonyl (C=O) groups is 2. The maximum absolute atomic E-state index is 12.2. The van der Waals surface area contributed by atoms with Gasteiger partial charge in [-0.1, -0.05) is 13.8 Å². The average Bonchev–Trinajstić information content (AvgIpc) is 2.61. The highest BCUT2D eigenvalue weighted by Gasteiger charge is 2.08. The van der Waals surface area contributed by atoms with Gasteiger partial charge in [0.05, 0.1) is 7.11 Å². The van der Waals surface area contributed by atoms with E-state index in [0.717, 1.165) is 12.2 Å². The van der Waals surface area contributed by atoms with Gasteiger partial charge in [-0.05, 0) is 60.9 Å². The monoisotopic (exact) mass is 340 g/mol. The quantitative estimate of drug-likeness (QED) is 0.788. The van der Waals surface area contributed by atoms with Crippen LogP contribution in [0.5, 0.6) is 5.75 Å². The van der Waals surface area contributed by atoms with Gasteiger partial charge in [0.1, 0.15) is 5.75 Å². The van der Waals surface area contributed by atoms with E-state index in [9.17, 15) is 9.59 Å². The summed E-state index contributed by atoms with van der Waals surface area (Å²) in [6, 6.07) is 14.0. The zero-order chi connectivity index (χ0) is 18.2. The minimum absolute atomic E-state index is 0.0101. The molecule has 0 spiro atoms. The van der Waals surface area contributed by atoms with E-state index < -0.39 is 0 Å². The van der Waals surface area contributed by atoms with Crippen LogP contribution in [-0.4, -0.2) is 18.9 Å². The first-order chi connectivity index (χ1) is 12.0. The van der Waals surface area contributed by atoms with Crippen LogP contribution in [0.2, 0.25) is 0 Å². The van der Waals surface area contributed by atoms with Crippen molar-refractivity contribution in [2.45, 2.75) is 26.7 Å². The lowest BCUT2D eigenvalue weighted by atomic mass is 10.1. The Morgan fingerprint density at radius 2 is 1.48 bits per heavy atom. The number of methoxy groups -OCH3 is 1. The Morgan fingerprint density at radius 3 is 2.04 bits per heavy atom. The molecular weight excluding hydrogens is 316 g/mol. The molecular formula is C20H24N2O3. The number of ether oxygens (including phenoxy) is 1. The zero-order valence-electron chi connectivity index (χ0n) is 14.8. The van der Waals surface area contributed by atoms with Crippen molar-refractivity contribution >= 4 is 23.2 Å². The minimum Gasteiger partial charge on any atom is -0.497 e. The molecule has 5 nitrogen and oxygen atoms in total. The van der Waals surface area contributed by atoms with Crippen LogP contribution in [0.3, 0.4) is 0 Å². The second-order valence-electron chi connectivity index (χ2n) is 6.24. The summed E-state index contributed by atoms with van der Waals surface area (Å²) < 4.78 is 5.09. The molecule has 0 unspecified atom stereocenters. The maximum Gasteiger partial charge on any atom is 0.255 e. The number of anilines is 2. The fraction of sp³-hybridized carbons (Fsp3) is 0.300. The molecule has 0 aliphatic carbocycles. The summed E-state index contributed by atoms with van der Waals surface area (Å²) >= 11 is 0. The first kappa shape index (κ1) is 18.5. The summed E-state index contributed by atoms with van der Waals surface area (Å²) in [6.45, 7) is 4.17. The number of benzene rings is 2. The highest BCUT2D eigenvalue weighted by molar-refractivity contribution is 6.04. The number of rotatable bonds is 7. The third-order valence-corrected chi connectivity index (χ3v) is 3.73. The number of hydrogen-bond acceptors (Lipinski definition) is 3. The lowest BCUT2D eigenvalue weighted by molar-refractivity contribution is -0.116. The molecule has 132 valence electrons. The van der Waals surface area contributed by atoms with Crippen molar-refractivity contribution < 1.29 is 14.3 Å². The molecule has 25 heavy (non-hydrogen) atoms. The normalized spacial score (nSPS) is 10.4. The second kappa shape index (κ2) is 8.87. The van der Waals surface area contributed by atoms with Crippen LogP contribution in [0.25, 0.3) is 0 Å². The Bertz CT molecular complexity index is 707. The van der Waals surface area contributed by atoms with Gasteiger partial charge in [0.15, 0.2) is 0 Å². The van der Waals surface area contributed by atoms with Crippen LogP contribution in [-0.2, 0) is 4.79 Å². The van der Waals surface area contributed by atoms with Crippen LogP contribution in [0, 0.1) is 5.92 Å². The Morgan fingerprint density at radius 1 is 0.920 bits per heavy atom. The highest BCUT2D eigenvalue weighted by Crippen LogP contribution is 2.17. The molecule has 2 N–H and O–H groups in total. The topological polar surface area (TPSA) is 67.4 Å². The lowest BCUT2D eigenvalue weighted by Gasteiger charge is -2.09. The van der Waals surface area contributed by atoms with Gasteiger partial charge in [0.25, 0.3) is 5.91 Å². The van der Waals surface area contributed by atoms with E-state index in [-0.39, 0.29) is 11.8 Å². The van der Waals surface area contributed by atoms with Gasteiger partial charge in [-0.25, -0.2) is 0 Å². The van der Waals surface area contributed by atoms with E-state index >= 15 is 0 Å². The summed E-state index contributed by atoms with van der Waals surface area (Å²) in [4.78, 5) is 24.1. The van der Waals surface area contributed by atoms with E-state index in [2.05, 4.69) is 24.5 Å². The predicted octanol–water partition coefficient (Wildman–Crippen LogP) is 4.32. The average molecular weight is 340 g/mol. The molecule has 0 saturated heterocycles. The van der Waals surface area contributed by atoms with Gasteiger partial charge in [0, 0.05) is 23.4 Å². The lowest BCUT2D eigenvalue weighted by Crippen LogP contribution is -2.13. The van der Waals surface area contributed by atoms with Crippen molar-refractivity contribution in [3.8, 4) is 5.75 Å². The number of nitrogens with one attached hydrogen (secondary N) is 2. The molecule has 0 bridgehead atoms.